The van der Waals surface area contributed by atoms with Gasteiger partial charge in [0.1, 0.15) is 0 Å². The van der Waals surface area contributed by atoms with Gasteiger partial charge >= 0.3 is 0 Å². The zero-order chi connectivity index (χ0) is 13.5. The highest BCUT2D eigenvalue weighted by Crippen LogP contribution is 2.29. The maximum atomic E-state index is 6.04. The van der Waals surface area contributed by atoms with Crippen LogP contribution in [0.3, 0.4) is 0 Å². The first-order valence-corrected chi connectivity index (χ1v) is 8.95. The zero-order valence-electron chi connectivity index (χ0n) is 12.0. The first-order chi connectivity index (χ1) is 9.28. The van der Waals surface area contributed by atoms with Gasteiger partial charge in [0.2, 0.25) is 0 Å². The highest BCUT2D eigenvalue weighted by atomic mass is 35.5. The average Bonchev–Trinajstić information content (AvgIpc) is 2.82. The van der Waals surface area contributed by atoms with Gasteiger partial charge in [-0.1, -0.05) is 50.6 Å². The molecule has 0 aromatic carbocycles. The predicted molar refractivity (Wildman–Crippen MR) is 86.3 cm³/mol. The molecule has 1 aliphatic carbocycles. The van der Waals surface area contributed by atoms with Crippen LogP contribution in [0, 0.1) is 5.92 Å². The molecule has 19 heavy (non-hydrogen) atoms. The zero-order valence-corrected chi connectivity index (χ0v) is 13.5. The van der Waals surface area contributed by atoms with Gasteiger partial charge in [0.05, 0.1) is 4.34 Å². The number of rotatable bonds is 7. The fourth-order valence-electron chi connectivity index (χ4n) is 3.12. The van der Waals surface area contributed by atoms with Crippen molar-refractivity contribution in [3.05, 3.63) is 21.3 Å². The molecule has 2 rings (SSSR count). The molecule has 1 N–H and O–H groups in total. The van der Waals surface area contributed by atoms with Gasteiger partial charge in [-0.3, -0.25) is 0 Å². The SMILES string of the molecule is CCCNC(Cc1ccc(Cl)s1)CC1CCCCC1. The van der Waals surface area contributed by atoms with Gasteiger partial charge in [-0.05, 0) is 43.9 Å². The second-order valence-electron chi connectivity index (χ2n) is 5.80. The normalized spacial score (nSPS) is 18.6. The molecule has 1 atom stereocenters. The first-order valence-electron chi connectivity index (χ1n) is 7.75. The van der Waals surface area contributed by atoms with Gasteiger partial charge in [0, 0.05) is 10.9 Å². The van der Waals surface area contributed by atoms with E-state index in [1.54, 1.807) is 11.3 Å². The minimum Gasteiger partial charge on any atom is -0.314 e. The lowest BCUT2D eigenvalue weighted by Crippen LogP contribution is -2.34. The number of thiophene rings is 1. The summed E-state index contributed by atoms with van der Waals surface area (Å²) in [7, 11) is 0. The lowest BCUT2D eigenvalue weighted by atomic mass is 9.84. The van der Waals surface area contributed by atoms with Gasteiger partial charge in [-0.25, -0.2) is 0 Å². The summed E-state index contributed by atoms with van der Waals surface area (Å²) in [5.41, 5.74) is 0. The molecule has 0 spiro atoms. The van der Waals surface area contributed by atoms with Crippen LogP contribution in [0.1, 0.15) is 56.7 Å². The van der Waals surface area contributed by atoms with Crippen molar-refractivity contribution in [1.29, 1.82) is 0 Å². The minimum atomic E-state index is 0.637. The smallest absolute Gasteiger partial charge is 0.0931 e. The van der Waals surface area contributed by atoms with Crippen LogP contribution >= 0.6 is 22.9 Å². The summed E-state index contributed by atoms with van der Waals surface area (Å²) in [6.45, 7) is 3.38. The molecule has 1 saturated carbocycles. The van der Waals surface area contributed by atoms with Gasteiger partial charge < -0.3 is 5.32 Å². The summed E-state index contributed by atoms with van der Waals surface area (Å²) in [5, 5.41) is 3.74. The molecule has 1 aromatic heterocycles. The Morgan fingerprint density at radius 1 is 1.32 bits per heavy atom. The van der Waals surface area contributed by atoms with Crippen LogP contribution in [0.25, 0.3) is 0 Å². The maximum Gasteiger partial charge on any atom is 0.0931 e. The average molecular weight is 300 g/mol. The summed E-state index contributed by atoms with van der Waals surface area (Å²) in [6, 6.07) is 4.85. The molecule has 1 unspecified atom stereocenters. The molecule has 108 valence electrons. The highest BCUT2D eigenvalue weighted by molar-refractivity contribution is 7.16. The van der Waals surface area contributed by atoms with E-state index in [9.17, 15) is 0 Å². The Bertz CT molecular complexity index is 357. The van der Waals surface area contributed by atoms with E-state index < -0.39 is 0 Å². The van der Waals surface area contributed by atoms with E-state index in [0.29, 0.717) is 6.04 Å². The molecule has 0 saturated heterocycles. The van der Waals surface area contributed by atoms with Crippen molar-refractivity contribution in [2.75, 3.05) is 6.54 Å². The Kier molecular flexibility index (Phi) is 6.69. The third kappa shape index (κ3) is 5.45. The number of hydrogen-bond acceptors (Lipinski definition) is 2. The minimum absolute atomic E-state index is 0.637. The van der Waals surface area contributed by atoms with Crippen LogP contribution in [0.5, 0.6) is 0 Å². The van der Waals surface area contributed by atoms with E-state index in [1.165, 1.54) is 49.8 Å². The fourth-order valence-corrected chi connectivity index (χ4v) is 4.28. The lowest BCUT2D eigenvalue weighted by molar-refractivity contribution is 0.297. The van der Waals surface area contributed by atoms with Gasteiger partial charge in [0.15, 0.2) is 0 Å². The van der Waals surface area contributed by atoms with Crippen molar-refractivity contribution in [1.82, 2.24) is 5.32 Å². The van der Waals surface area contributed by atoms with Crippen molar-refractivity contribution in [3.8, 4) is 0 Å². The van der Waals surface area contributed by atoms with E-state index in [2.05, 4.69) is 18.3 Å². The van der Waals surface area contributed by atoms with Crippen molar-refractivity contribution in [2.24, 2.45) is 5.92 Å². The summed E-state index contributed by atoms with van der Waals surface area (Å²) in [6.07, 6.45) is 10.9. The molecule has 1 heterocycles. The van der Waals surface area contributed by atoms with Crippen molar-refractivity contribution < 1.29 is 0 Å². The van der Waals surface area contributed by atoms with Crippen LogP contribution < -0.4 is 5.32 Å². The predicted octanol–water partition coefficient (Wildman–Crippen LogP) is 5.28. The standard InChI is InChI=1S/C16H26ClNS/c1-2-10-18-14(11-13-6-4-3-5-7-13)12-15-8-9-16(17)19-15/h8-9,13-14,18H,2-7,10-12H2,1H3. The molecular formula is C16H26ClNS. The molecule has 3 heteroatoms. The first kappa shape index (κ1) is 15.3. The van der Waals surface area contributed by atoms with Crippen molar-refractivity contribution in [3.63, 3.8) is 0 Å². The second-order valence-corrected chi connectivity index (χ2v) is 7.60. The molecule has 1 aliphatic rings. The van der Waals surface area contributed by atoms with E-state index in [4.69, 9.17) is 11.6 Å². The topological polar surface area (TPSA) is 12.0 Å². The Morgan fingerprint density at radius 3 is 2.74 bits per heavy atom. The number of hydrogen-bond donors (Lipinski definition) is 1. The Labute approximate surface area is 126 Å². The van der Waals surface area contributed by atoms with Crippen LogP contribution in [-0.2, 0) is 6.42 Å². The maximum absolute atomic E-state index is 6.04. The van der Waals surface area contributed by atoms with Gasteiger partial charge in [0.25, 0.3) is 0 Å². The Hall–Kier alpha value is -0.0500. The van der Waals surface area contributed by atoms with Crippen LogP contribution in [0.15, 0.2) is 12.1 Å². The summed E-state index contributed by atoms with van der Waals surface area (Å²) in [4.78, 5) is 1.43. The van der Waals surface area contributed by atoms with Crippen LogP contribution in [0.2, 0.25) is 4.34 Å². The largest absolute Gasteiger partial charge is 0.314 e. The van der Waals surface area contributed by atoms with E-state index in [-0.39, 0.29) is 0 Å². The highest BCUT2D eigenvalue weighted by Gasteiger charge is 2.19. The van der Waals surface area contributed by atoms with Gasteiger partial charge in [-0.2, -0.15) is 0 Å². The van der Waals surface area contributed by atoms with E-state index in [1.807, 2.05) is 6.07 Å². The molecule has 1 nitrogen and oxygen atoms in total. The summed E-state index contributed by atoms with van der Waals surface area (Å²) < 4.78 is 0.918. The Morgan fingerprint density at radius 2 is 2.11 bits per heavy atom. The summed E-state index contributed by atoms with van der Waals surface area (Å²) in [5.74, 6) is 0.943. The third-order valence-electron chi connectivity index (χ3n) is 4.10. The third-order valence-corrected chi connectivity index (χ3v) is 5.36. The molecule has 1 fully saturated rings. The van der Waals surface area contributed by atoms with E-state index >= 15 is 0 Å². The monoisotopic (exact) mass is 299 g/mol. The number of halogens is 1. The lowest BCUT2D eigenvalue weighted by Gasteiger charge is -2.27. The van der Waals surface area contributed by atoms with Crippen molar-refractivity contribution in [2.45, 2.75) is 64.3 Å². The van der Waals surface area contributed by atoms with Crippen LogP contribution in [-0.4, -0.2) is 12.6 Å². The van der Waals surface area contributed by atoms with Gasteiger partial charge in [-0.15, -0.1) is 11.3 Å². The molecular weight excluding hydrogens is 274 g/mol. The molecule has 0 radical (unpaired) electrons. The quantitative estimate of drug-likeness (QED) is 0.722. The Balaban J connectivity index is 1.86. The van der Waals surface area contributed by atoms with Crippen molar-refractivity contribution >= 4 is 22.9 Å². The molecule has 0 amide bonds. The summed E-state index contributed by atoms with van der Waals surface area (Å²) >= 11 is 7.78. The number of nitrogens with one attached hydrogen (secondary N) is 1. The molecule has 0 aliphatic heterocycles. The van der Waals surface area contributed by atoms with E-state index in [0.717, 1.165) is 23.2 Å². The fraction of sp³-hybridized carbons (Fsp3) is 0.750. The second kappa shape index (κ2) is 8.28. The molecule has 1 aromatic rings. The molecule has 0 bridgehead atoms. The van der Waals surface area contributed by atoms with Crippen LogP contribution in [0.4, 0.5) is 0 Å².